The first-order chi connectivity index (χ1) is 6.57. The van der Waals surface area contributed by atoms with Crippen molar-refractivity contribution in [1.29, 1.82) is 0 Å². The Bertz CT molecular complexity index is 379. The minimum Gasteiger partial charge on any atom is -0.244 e. The quantitative estimate of drug-likeness (QED) is 0.608. The van der Waals surface area contributed by atoms with Crippen molar-refractivity contribution in [2.24, 2.45) is 0 Å². The Morgan fingerprint density at radius 2 is 1.86 bits per heavy atom. The van der Waals surface area contributed by atoms with Crippen molar-refractivity contribution in [2.45, 2.75) is 12.6 Å². The zero-order chi connectivity index (χ0) is 10.2. The summed E-state index contributed by atoms with van der Waals surface area (Å²) in [6, 6.07) is 6.85. The number of hydrogen-bond donors (Lipinski definition) is 0. The maximum Gasteiger partial charge on any atom is 0.433 e. The first-order valence-electron chi connectivity index (χ1n) is 4.14. The molecule has 2 rings (SSSR count). The topological polar surface area (TPSA) is 14.1 Å². The number of benzene rings is 1. The van der Waals surface area contributed by atoms with Gasteiger partial charge in [-0.25, -0.2) is 5.32 Å². The van der Waals surface area contributed by atoms with Crippen LogP contribution in [0.1, 0.15) is 5.56 Å². The Balaban J connectivity index is 2.30. The number of halogens is 3. The fraction of sp³-hybridized carbons (Fsp3) is 0.200. The van der Waals surface area contributed by atoms with Crippen molar-refractivity contribution in [2.75, 3.05) is 0 Å². The molecule has 0 atom stereocenters. The molecule has 14 heavy (non-hydrogen) atoms. The van der Waals surface area contributed by atoms with E-state index in [2.05, 4.69) is 5.32 Å². The molecule has 0 aliphatic carbocycles. The lowest BCUT2D eigenvalue weighted by Gasteiger charge is -2.18. The lowest BCUT2D eigenvalue weighted by molar-refractivity contribution is -0.0960. The minimum absolute atomic E-state index is 0.300. The number of fused-ring (bicyclic) bond motifs is 1. The van der Waals surface area contributed by atoms with Gasteiger partial charge in [0, 0.05) is 0 Å². The van der Waals surface area contributed by atoms with Gasteiger partial charge in [-0.2, -0.15) is 13.2 Å². The molecule has 0 N–H and O–H groups in total. The van der Waals surface area contributed by atoms with Gasteiger partial charge in [-0.15, -0.1) is 0 Å². The summed E-state index contributed by atoms with van der Waals surface area (Å²) >= 11 is 0. The summed E-state index contributed by atoms with van der Waals surface area (Å²) in [5.41, 5.74) is 0.457. The van der Waals surface area contributed by atoms with Gasteiger partial charge in [0.1, 0.15) is 5.70 Å². The summed E-state index contributed by atoms with van der Waals surface area (Å²) in [5.74, 6) is 0. The molecule has 0 saturated heterocycles. The number of rotatable bonds is 0. The van der Waals surface area contributed by atoms with E-state index in [1.54, 1.807) is 24.3 Å². The molecule has 1 radical (unpaired) electrons. The number of alkyl halides is 3. The van der Waals surface area contributed by atoms with Crippen molar-refractivity contribution < 1.29 is 13.2 Å². The van der Waals surface area contributed by atoms with E-state index in [1.807, 2.05) is 0 Å². The number of para-hydroxylation sites is 1. The molecule has 1 aromatic rings. The standard InChI is InChI=1S/C10H7F3N/c11-10(12,13)9-6-5-7-3-1-2-4-8(7)14-9/h1-4,6H,5H2. The summed E-state index contributed by atoms with van der Waals surface area (Å²) in [6.07, 6.45) is -2.93. The van der Waals surface area contributed by atoms with Crippen molar-refractivity contribution in [3.63, 3.8) is 0 Å². The second-order valence-electron chi connectivity index (χ2n) is 3.03. The number of nitrogens with zero attached hydrogens (tertiary/aromatic N) is 1. The Kier molecular flexibility index (Phi) is 1.98. The SMILES string of the molecule is FC(F)(F)C1=CCc2ccccc2[N]1. The second kappa shape index (κ2) is 3.04. The van der Waals surface area contributed by atoms with E-state index in [9.17, 15) is 13.2 Å². The molecular formula is C10H7F3N. The lowest BCUT2D eigenvalue weighted by Crippen LogP contribution is -2.21. The zero-order valence-electron chi connectivity index (χ0n) is 7.17. The molecule has 1 aliphatic rings. The van der Waals surface area contributed by atoms with Gasteiger partial charge in [0.05, 0.1) is 5.69 Å². The molecule has 0 amide bonds. The highest BCUT2D eigenvalue weighted by atomic mass is 19.4. The van der Waals surface area contributed by atoms with Crippen LogP contribution in [-0.2, 0) is 6.42 Å². The van der Waals surface area contributed by atoms with E-state index in [-0.39, 0.29) is 0 Å². The highest BCUT2D eigenvalue weighted by molar-refractivity contribution is 5.51. The molecule has 4 heteroatoms. The predicted octanol–water partition coefficient (Wildman–Crippen LogP) is 2.92. The molecule has 1 nitrogen and oxygen atoms in total. The van der Waals surface area contributed by atoms with Gasteiger partial charge in [0.25, 0.3) is 0 Å². The average Bonchev–Trinajstić information content (AvgIpc) is 2.16. The Hall–Kier alpha value is -1.45. The molecule has 1 heterocycles. The van der Waals surface area contributed by atoms with Crippen LogP contribution >= 0.6 is 0 Å². The fourth-order valence-electron chi connectivity index (χ4n) is 1.35. The second-order valence-corrected chi connectivity index (χ2v) is 3.03. The predicted molar refractivity (Wildman–Crippen MR) is 46.1 cm³/mol. The normalized spacial score (nSPS) is 15.5. The van der Waals surface area contributed by atoms with Crippen molar-refractivity contribution >= 4 is 5.69 Å². The molecule has 1 aromatic carbocycles. The van der Waals surface area contributed by atoms with Crippen molar-refractivity contribution in [3.8, 4) is 0 Å². The first-order valence-corrected chi connectivity index (χ1v) is 4.14. The van der Waals surface area contributed by atoms with Crippen LogP contribution in [0.5, 0.6) is 0 Å². The molecule has 1 aliphatic heterocycles. The average molecular weight is 198 g/mol. The monoisotopic (exact) mass is 198 g/mol. The first kappa shape index (κ1) is 9.12. The van der Waals surface area contributed by atoms with Crippen LogP contribution in [0.3, 0.4) is 0 Å². The lowest BCUT2D eigenvalue weighted by atomic mass is 10.1. The number of allylic oxidation sites excluding steroid dienone is 2. The molecule has 0 unspecified atom stereocenters. The summed E-state index contributed by atoms with van der Waals surface area (Å²) in [7, 11) is 0. The van der Waals surface area contributed by atoms with Gasteiger partial charge < -0.3 is 0 Å². The Morgan fingerprint density at radius 1 is 1.14 bits per heavy atom. The van der Waals surface area contributed by atoms with E-state index in [1.165, 1.54) is 0 Å². The minimum atomic E-state index is -4.34. The van der Waals surface area contributed by atoms with Crippen LogP contribution in [0.2, 0.25) is 0 Å². The highest BCUT2D eigenvalue weighted by Gasteiger charge is 2.36. The van der Waals surface area contributed by atoms with Crippen LogP contribution < -0.4 is 5.32 Å². The fourth-order valence-corrected chi connectivity index (χ4v) is 1.35. The zero-order valence-corrected chi connectivity index (χ0v) is 7.17. The molecule has 0 bridgehead atoms. The maximum atomic E-state index is 12.3. The molecule has 0 saturated carbocycles. The third-order valence-electron chi connectivity index (χ3n) is 2.04. The van der Waals surface area contributed by atoms with Crippen LogP contribution in [-0.4, -0.2) is 6.18 Å². The highest BCUT2D eigenvalue weighted by Crippen LogP contribution is 2.32. The molecule has 0 fully saturated rings. The third kappa shape index (κ3) is 1.60. The summed E-state index contributed by atoms with van der Waals surface area (Å²) < 4.78 is 36.8. The van der Waals surface area contributed by atoms with Gasteiger partial charge >= 0.3 is 6.18 Å². The van der Waals surface area contributed by atoms with E-state index >= 15 is 0 Å². The summed E-state index contributed by atoms with van der Waals surface area (Å²) in [6.45, 7) is 0. The summed E-state index contributed by atoms with van der Waals surface area (Å²) in [5, 5.41) is 3.55. The third-order valence-corrected chi connectivity index (χ3v) is 2.04. The summed E-state index contributed by atoms with van der Waals surface area (Å²) in [4.78, 5) is 0. The van der Waals surface area contributed by atoms with E-state index in [0.717, 1.165) is 11.6 Å². The van der Waals surface area contributed by atoms with Gasteiger partial charge in [0.15, 0.2) is 0 Å². The Morgan fingerprint density at radius 3 is 2.57 bits per heavy atom. The van der Waals surface area contributed by atoms with E-state index < -0.39 is 11.9 Å². The van der Waals surface area contributed by atoms with Crippen LogP contribution in [0, 0.1) is 0 Å². The van der Waals surface area contributed by atoms with Gasteiger partial charge in [-0.1, -0.05) is 18.2 Å². The molecule has 0 aromatic heterocycles. The van der Waals surface area contributed by atoms with Crippen molar-refractivity contribution in [3.05, 3.63) is 41.6 Å². The van der Waals surface area contributed by atoms with Gasteiger partial charge in [0.2, 0.25) is 0 Å². The smallest absolute Gasteiger partial charge is 0.244 e. The molecule has 0 spiro atoms. The molecular weight excluding hydrogens is 191 g/mol. The molecule has 73 valence electrons. The van der Waals surface area contributed by atoms with E-state index in [4.69, 9.17) is 0 Å². The van der Waals surface area contributed by atoms with Crippen molar-refractivity contribution in [1.82, 2.24) is 5.32 Å². The largest absolute Gasteiger partial charge is 0.433 e. The van der Waals surface area contributed by atoms with Gasteiger partial charge in [-0.05, 0) is 24.1 Å². The van der Waals surface area contributed by atoms with Crippen LogP contribution in [0.4, 0.5) is 18.9 Å². The van der Waals surface area contributed by atoms with Crippen LogP contribution in [0.15, 0.2) is 36.0 Å². The van der Waals surface area contributed by atoms with Crippen LogP contribution in [0.25, 0.3) is 0 Å². The van der Waals surface area contributed by atoms with E-state index in [0.29, 0.717) is 12.1 Å². The number of hydrogen-bond acceptors (Lipinski definition) is 0. The van der Waals surface area contributed by atoms with Gasteiger partial charge in [-0.3, -0.25) is 0 Å². The Labute approximate surface area is 79.2 Å². The maximum absolute atomic E-state index is 12.3.